The van der Waals surface area contributed by atoms with Crippen molar-refractivity contribution >= 4 is 11.7 Å². The van der Waals surface area contributed by atoms with E-state index < -0.39 is 11.8 Å². The van der Waals surface area contributed by atoms with Crippen molar-refractivity contribution in [2.45, 2.75) is 6.42 Å². The van der Waals surface area contributed by atoms with Crippen molar-refractivity contribution in [3.05, 3.63) is 29.6 Å². The number of aliphatic carboxylic acids is 1. The molecule has 4 heteroatoms. The minimum absolute atomic E-state index is 0.161. The Bertz CT molecular complexity index is 350. The Morgan fingerprint density at radius 1 is 1.50 bits per heavy atom. The molecule has 0 fully saturated rings. The Morgan fingerprint density at radius 2 is 2.14 bits per heavy atom. The molecule has 0 atom stereocenters. The summed E-state index contributed by atoms with van der Waals surface area (Å²) in [6.45, 7) is 0. The zero-order valence-electron chi connectivity index (χ0n) is 8.12. The molecule has 0 saturated carbocycles. The molecule has 0 radical (unpaired) electrons. The summed E-state index contributed by atoms with van der Waals surface area (Å²) in [6, 6.07) is 4.45. The fourth-order valence-electron chi connectivity index (χ4n) is 1.37. The van der Waals surface area contributed by atoms with Gasteiger partial charge in [-0.25, -0.2) is 4.39 Å². The van der Waals surface area contributed by atoms with Gasteiger partial charge in [-0.2, -0.15) is 0 Å². The Hall–Kier alpha value is -1.58. The summed E-state index contributed by atoms with van der Waals surface area (Å²) in [5, 5.41) is 8.62. The Labute approximate surface area is 81.8 Å². The number of para-hydroxylation sites is 1. The second kappa shape index (κ2) is 4.09. The van der Waals surface area contributed by atoms with Crippen LogP contribution >= 0.6 is 0 Å². The van der Waals surface area contributed by atoms with Crippen LogP contribution in [0.1, 0.15) is 5.56 Å². The van der Waals surface area contributed by atoms with Crippen molar-refractivity contribution in [3.63, 3.8) is 0 Å². The highest BCUT2D eigenvalue weighted by Gasteiger charge is 2.12. The SMILES string of the molecule is CN(C)c1c(F)cccc1CC(=O)O. The van der Waals surface area contributed by atoms with Crippen LogP contribution in [0.25, 0.3) is 0 Å². The molecule has 0 aliphatic heterocycles. The third-order valence-electron chi connectivity index (χ3n) is 1.86. The van der Waals surface area contributed by atoms with Crippen LogP contribution in [-0.4, -0.2) is 25.2 Å². The molecule has 0 aliphatic rings. The standard InChI is InChI=1S/C10H12FNO2/c1-12(2)10-7(6-9(13)14)4-3-5-8(10)11/h3-5H,6H2,1-2H3,(H,13,14). The monoisotopic (exact) mass is 197 g/mol. The molecule has 1 aromatic rings. The lowest BCUT2D eigenvalue weighted by molar-refractivity contribution is -0.136. The van der Waals surface area contributed by atoms with Crippen molar-refractivity contribution in [2.75, 3.05) is 19.0 Å². The minimum Gasteiger partial charge on any atom is -0.481 e. The first-order valence-electron chi connectivity index (χ1n) is 4.19. The number of hydrogen-bond acceptors (Lipinski definition) is 2. The predicted molar refractivity (Wildman–Crippen MR) is 52.1 cm³/mol. The average molecular weight is 197 g/mol. The van der Waals surface area contributed by atoms with Gasteiger partial charge in [0.15, 0.2) is 0 Å². The minimum atomic E-state index is -0.960. The number of carboxylic acids is 1. The molecule has 0 amide bonds. The molecule has 0 saturated heterocycles. The summed E-state index contributed by atoms with van der Waals surface area (Å²) in [5.74, 6) is -1.35. The number of hydrogen-bond donors (Lipinski definition) is 1. The number of anilines is 1. The molecule has 1 N–H and O–H groups in total. The molecule has 0 aromatic heterocycles. The highest BCUT2D eigenvalue weighted by molar-refractivity contribution is 5.73. The van der Waals surface area contributed by atoms with Crippen LogP contribution in [0.15, 0.2) is 18.2 Å². The zero-order chi connectivity index (χ0) is 10.7. The fraction of sp³-hybridized carbons (Fsp3) is 0.300. The van der Waals surface area contributed by atoms with Gasteiger partial charge in [0.05, 0.1) is 12.1 Å². The average Bonchev–Trinajstić information content (AvgIpc) is 2.01. The first-order chi connectivity index (χ1) is 6.52. The van der Waals surface area contributed by atoms with Crippen molar-refractivity contribution < 1.29 is 14.3 Å². The number of carbonyl (C=O) groups is 1. The van der Waals surface area contributed by atoms with Gasteiger partial charge in [0, 0.05) is 14.1 Å². The Kier molecular flexibility index (Phi) is 3.06. The molecular weight excluding hydrogens is 185 g/mol. The van der Waals surface area contributed by atoms with Gasteiger partial charge in [-0.05, 0) is 11.6 Å². The van der Waals surface area contributed by atoms with E-state index in [1.165, 1.54) is 12.1 Å². The van der Waals surface area contributed by atoms with Gasteiger partial charge >= 0.3 is 5.97 Å². The predicted octanol–water partition coefficient (Wildman–Crippen LogP) is 1.52. The highest BCUT2D eigenvalue weighted by Crippen LogP contribution is 2.22. The number of nitrogens with zero attached hydrogens (tertiary/aromatic N) is 1. The fourth-order valence-corrected chi connectivity index (χ4v) is 1.37. The van der Waals surface area contributed by atoms with Gasteiger partial charge in [0.1, 0.15) is 5.82 Å². The summed E-state index contributed by atoms with van der Waals surface area (Å²) in [6.07, 6.45) is -0.161. The number of rotatable bonds is 3. The maximum Gasteiger partial charge on any atom is 0.307 e. The maximum atomic E-state index is 13.3. The second-order valence-electron chi connectivity index (χ2n) is 3.21. The maximum absolute atomic E-state index is 13.3. The molecule has 0 heterocycles. The lowest BCUT2D eigenvalue weighted by Gasteiger charge is -2.17. The lowest BCUT2D eigenvalue weighted by atomic mass is 10.1. The van der Waals surface area contributed by atoms with Crippen LogP contribution in [0.5, 0.6) is 0 Å². The van der Waals surface area contributed by atoms with E-state index >= 15 is 0 Å². The van der Waals surface area contributed by atoms with Gasteiger partial charge in [-0.3, -0.25) is 4.79 Å². The van der Waals surface area contributed by atoms with Crippen molar-refractivity contribution in [3.8, 4) is 0 Å². The Balaban J connectivity index is 3.14. The topological polar surface area (TPSA) is 40.5 Å². The lowest BCUT2D eigenvalue weighted by Crippen LogP contribution is -2.15. The van der Waals surface area contributed by atoms with E-state index in [0.717, 1.165) is 0 Å². The summed E-state index contributed by atoms with van der Waals surface area (Å²) in [5.41, 5.74) is 0.831. The molecule has 1 aromatic carbocycles. The van der Waals surface area contributed by atoms with E-state index in [1.54, 1.807) is 25.1 Å². The van der Waals surface area contributed by atoms with Crippen LogP contribution in [0.2, 0.25) is 0 Å². The Morgan fingerprint density at radius 3 is 2.64 bits per heavy atom. The molecule has 76 valence electrons. The number of carboxylic acid groups (broad SMARTS) is 1. The van der Waals surface area contributed by atoms with Crippen LogP contribution < -0.4 is 4.90 Å². The van der Waals surface area contributed by atoms with Gasteiger partial charge in [0.2, 0.25) is 0 Å². The van der Waals surface area contributed by atoms with Crippen LogP contribution in [0.3, 0.4) is 0 Å². The van der Waals surface area contributed by atoms with E-state index in [9.17, 15) is 9.18 Å². The molecule has 1 rings (SSSR count). The van der Waals surface area contributed by atoms with E-state index in [2.05, 4.69) is 0 Å². The van der Waals surface area contributed by atoms with Gasteiger partial charge in [-0.15, -0.1) is 0 Å². The third-order valence-corrected chi connectivity index (χ3v) is 1.86. The molecule has 0 aliphatic carbocycles. The molecule has 0 bridgehead atoms. The molecule has 0 unspecified atom stereocenters. The van der Waals surface area contributed by atoms with E-state index in [4.69, 9.17) is 5.11 Å². The largest absolute Gasteiger partial charge is 0.481 e. The van der Waals surface area contributed by atoms with Crippen molar-refractivity contribution in [1.29, 1.82) is 0 Å². The third kappa shape index (κ3) is 2.22. The normalized spacial score (nSPS) is 9.93. The van der Waals surface area contributed by atoms with E-state index in [1.807, 2.05) is 0 Å². The zero-order valence-corrected chi connectivity index (χ0v) is 8.12. The van der Waals surface area contributed by atoms with E-state index in [-0.39, 0.29) is 6.42 Å². The van der Waals surface area contributed by atoms with Crippen molar-refractivity contribution in [1.82, 2.24) is 0 Å². The number of benzene rings is 1. The molecular formula is C10H12FNO2. The quantitative estimate of drug-likeness (QED) is 0.798. The summed E-state index contributed by atoms with van der Waals surface area (Å²) in [4.78, 5) is 12.1. The van der Waals surface area contributed by atoms with Crippen molar-refractivity contribution in [2.24, 2.45) is 0 Å². The first-order valence-corrected chi connectivity index (χ1v) is 4.19. The van der Waals surface area contributed by atoms with E-state index in [0.29, 0.717) is 11.3 Å². The van der Waals surface area contributed by atoms with Gasteiger partial charge < -0.3 is 10.0 Å². The number of halogens is 1. The van der Waals surface area contributed by atoms with Crippen LogP contribution in [0.4, 0.5) is 10.1 Å². The smallest absolute Gasteiger partial charge is 0.307 e. The van der Waals surface area contributed by atoms with Crippen LogP contribution in [0, 0.1) is 5.82 Å². The van der Waals surface area contributed by atoms with Gasteiger partial charge in [0.25, 0.3) is 0 Å². The van der Waals surface area contributed by atoms with Crippen LogP contribution in [-0.2, 0) is 11.2 Å². The summed E-state index contributed by atoms with van der Waals surface area (Å²) in [7, 11) is 3.37. The van der Waals surface area contributed by atoms with Gasteiger partial charge in [-0.1, -0.05) is 12.1 Å². The summed E-state index contributed by atoms with van der Waals surface area (Å²) < 4.78 is 13.3. The molecule has 0 spiro atoms. The second-order valence-corrected chi connectivity index (χ2v) is 3.21. The summed E-state index contributed by atoms with van der Waals surface area (Å²) >= 11 is 0. The molecule has 3 nitrogen and oxygen atoms in total. The molecule has 14 heavy (non-hydrogen) atoms. The highest BCUT2D eigenvalue weighted by atomic mass is 19.1. The first kappa shape index (κ1) is 10.5.